The predicted octanol–water partition coefficient (Wildman–Crippen LogP) is 1.94. The van der Waals surface area contributed by atoms with Gasteiger partial charge < -0.3 is 14.7 Å². The molecule has 5 heteroatoms. The van der Waals surface area contributed by atoms with E-state index in [0.29, 0.717) is 26.1 Å². The molecule has 2 aliphatic rings. The lowest BCUT2D eigenvalue weighted by Gasteiger charge is -2.44. The van der Waals surface area contributed by atoms with Gasteiger partial charge in [0, 0.05) is 32.1 Å². The molecular weight excluding hydrogens is 328 g/mol. The Morgan fingerprint density at radius 2 is 1.85 bits per heavy atom. The van der Waals surface area contributed by atoms with E-state index in [-0.39, 0.29) is 24.0 Å². The van der Waals surface area contributed by atoms with Crippen LogP contribution in [0.3, 0.4) is 0 Å². The summed E-state index contributed by atoms with van der Waals surface area (Å²) in [6, 6.07) is 10.2. The number of hydrogen-bond donors (Lipinski definition) is 1. The van der Waals surface area contributed by atoms with Crippen molar-refractivity contribution in [2.24, 2.45) is 5.92 Å². The number of benzene rings is 1. The second-order valence-electron chi connectivity index (χ2n) is 8.28. The van der Waals surface area contributed by atoms with Crippen LogP contribution >= 0.6 is 0 Å². The van der Waals surface area contributed by atoms with Crippen molar-refractivity contribution in [3.63, 3.8) is 0 Å². The van der Waals surface area contributed by atoms with Gasteiger partial charge in [0.25, 0.3) is 0 Å². The normalized spacial score (nSPS) is 33.2. The van der Waals surface area contributed by atoms with Gasteiger partial charge in [-0.15, -0.1) is 0 Å². The van der Waals surface area contributed by atoms with Crippen LogP contribution in [0.1, 0.15) is 32.8 Å². The Morgan fingerprint density at radius 3 is 2.50 bits per heavy atom. The van der Waals surface area contributed by atoms with E-state index in [4.69, 9.17) is 4.74 Å². The van der Waals surface area contributed by atoms with Crippen molar-refractivity contribution in [3.8, 4) is 0 Å². The smallest absolute Gasteiger partial charge is 0.236 e. The molecule has 3 rings (SSSR count). The fourth-order valence-electron chi connectivity index (χ4n) is 4.23. The van der Waals surface area contributed by atoms with Gasteiger partial charge >= 0.3 is 0 Å². The topological polar surface area (TPSA) is 53.0 Å². The molecule has 1 N–H and O–H groups in total. The lowest BCUT2D eigenvalue weighted by Crippen LogP contribution is -2.55. The van der Waals surface area contributed by atoms with Crippen LogP contribution in [0.15, 0.2) is 30.3 Å². The molecule has 1 aromatic carbocycles. The molecule has 0 aliphatic carbocycles. The zero-order valence-electron chi connectivity index (χ0n) is 16.2. The SMILES string of the molecule is C[C@@H]1CN(CC(=O)N2CC[C@](C)(O)[C@H](Cc3ccccc3)C2)C[C@H](C)O1. The minimum absolute atomic E-state index is 0.0603. The predicted molar refractivity (Wildman–Crippen MR) is 102 cm³/mol. The summed E-state index contributed by atoms with van der Waals surface area (Å²) < 4.78 is 5.75. The van der Waals surface area contributed by atoms with Gasteiger partial charge in [-0.3, -0.25) is 9.69 Å². The van der Waals surface area contributed by atoms with Gasteiger partial charge in [-0.25, -0.2) is 0 Å². The third-order valence-electron chi connectivity index (χ3n) is 5.74. The van der Waals surface area contributed by atoms with Crippen molar-refractivity contribution in [2.75, 3.05) is 32.7 Å². The standard InChI is InChI=1S/C21H32N2O3/c1-16-12-22(13-17(2)26-16)15-20(24)23-10-9-21(3,25)19(14-23)11-18-7-5-4-6-8-18/h4-8,16-17,19,25H,9-15H2,1-3H3/t16-,17+,19-,21+/m1/s1. The van der Waals surface area contributed by atoms with E-state index in [1.165, 1.54) is 5.56 Å². The molecule has 2 saturated heterocycles. The molecule has 5 nitrogen and oxygen atoms in total. The van der Waals surface area contributed by atoms with E-state index in [1.54, 1.807) is 0 Å². The number of aliphatic hydroxyl groups is 1. The quantitative estimate of drug-likeness (QED) is 0.892. The lowest BCUT2D eigenvalue weighted by atomic mass is 9.79. The molecule has 0 unspecified atom stereocenters. The Morgan fingerprint density at radius 1 is 1.19 bits per heavy atom. The van der Waals surface area contributed by atoms with Gasteiger partial charge in [-0.1, -0.05) is 30.3 Å². The highest BCUT2D eigenvalue weighted by Crippen LogP contribution is 2.30. The number of hydrogen-bond acceptors (Lipinski definition) is 4. The van der Waals surface area contributed by atoms with Crippen molar-refractivity contribution in [1.29, 1.82) is 0 Å². The molecule has 1 aromatic rings. The van der Waals surface area contributed by atoms with Gasteiger partial charge in [0.05, 0.1) is 24.4 Å². The van der Waals surface area contributed by atoms with E-state index < -0.39 is 5.60 Å². The summed E-state index contributed by atoms with van der Waals surface area (Å²) in [7, 11) is 0. The zero-order chi connectivity index (χ0) is 18.7. The van der Waals surface area contributed by atoms with E-state index in [9.17, 15) is 9.90 Å². The maximum atomic E-state index is 12.9. The number of carbonyl (C=O) groups is 1. The van der Waals surface area contributed by atoms with Crippen molar-refractivity contribution >= 4 is 5.91 Å². The van der Waals surface area contributed by atoms with Gasteiger partial charge in [-0.05, 0) is 39.2 Å². The average Bonchev–Trinajstić information content (AvgIpc) is 2.56. The lowest BCUT2D eigenvalue weighted by molar-refractivity contribution is -0.143. The van der Waals surface area contributed by atoms with Crippen LogP contribution in [-0.2, 0) is 16.0 Å². The minimum atomic E-state index is -0.728. The van der Waals surface area contributed by atoms with E-state index in [2.05, 4.69) is 30.9 Å². The molecule has 0 aromatic heterocycles. The van der Waals surface area contributed by atoms with E-state index in [1.807, 2.05) is 30.0 Å². The third-order valence-corrected chi connectivity index (χ3v) is 5.74. The number of rotatable bonds is 4. The highest BCUT2D eigenvalue weighted by molar-refractivity contribution is 5.78. The first-order chi connectivity index (χ1) is 12.3. The molecule has 144 valence electrons. The number of morpholine rings is 1. The van der Waals surface area contributed by atoms with Gasteiger partial charge in [0.15, 0.2) is 0 Å². The number of likely N-dealkylation sites (tertiary alicyclic amines) is 1. The number of piperidine rings is 1. The second-order valence-corrected chi connectivity index (χ2v) is 8.28. The summed E-state index contributed by atoms with van der Waals surface area (Å²) in [5.41, 5.74) is 0.483. The number of nitrogens with zero attached hydrogens (tertiary/aromatic N) is 2. The van der Waals surface area contributed by atoms with Crippen LogP contribution in [0.5, 0.6) is 0 Å². The van der Waals surface area contributed by atoms with Gasteiger partial charge in [0.1, 0.15) is 0 Å². The molecule has 2 aliphatic heterocycles. The van der Waals surface area contributed by atoms with Crippen LogP contribution in [0.25, 0.3) is 0 Å². The molecule has 0 saturated carbocycles. The summed E-state index contributed by atoms with van der Waals surface area (Å²) in [4.78, 5) is 17.0. The van der Waals surface area contributed by atoms with Gasteiger partial charge in [-0.2, -0.15) is 0 Å². The largest absolute Gasteiger partial charge is 0.390 e. The van der Waals surface area contributed by atoms with Crippen molar-refractivity contribution in [3.05, 3.63) is 35.9 Å². The molecule has 1 amide bonds. The van der Waals surface area contributed by atoms with E-state index in [0.717, 1.165) is 19.5 Å². The highest BCUT2D eigenvalue weighted by Gasteiger charge is 2.39. The molecular formula is C21H32N2O3. The fraction of sp³-hybridized carbons (Fsp3) is 0.667. The molecule has 2 fully saturated rings. The summed E-state index contributed by atoms with van der Waals surface area (Å²) >= 11 is 0. The van der Waals surface area contributed by atoms with Crippen LogP contribution < -0.4 is 0 Å². The van der Waals surface area contributed by atoms with Crippen LogP contribution in [-0.4, -0.2) is 71.3 Å². The molecule has 0 radical (unpaired) electrons. The first kappa shape index (κ1) is 19.3. The summed E-state index contributed by atoms with van der Waals surface area (Å²) in [6.07, 6.45) is 1.76. The minimum Gasteiger partial charge on any atom is -0.390 e. The Kier molecular flexibility index (Phi) is 6.00. The average molecular weight is 360 g/mol. The Labute approximate surface area is 156 Å². The maximum absolute atomic E-state index is 12.9. The monoisotopic (exact) mass is 360 g/mol. The van der Waals surface area contributed by atoms with Crippen molar-refractivity contribution in [2.45, 2.75) is 51.4 Å². The first-order valence-corrected chi connectivity index (χ1v) is 9.75. The molecule has 0 bridgehead atoms. The first-order valence-electron chi connectivity index (χ1n) is 9.75. The Balaban J connectivity index is 1.60. The fourth-order valence-corrected chi connectivity index (χ4v) is 4.23. The molecule has 0 spiro atoms. The van der Waals surface area contributed by atoms with Crippen molar-refractivity contribution < 1.29 is 14.6 Å². The molecule has 26 heavy (non-hydrogen) atoms. The number of amides is 1. The third kappa shape index (κ3) is 4.84. The molecule has 4 atom stereocenters. The number of ether oxygens (including phenoxy) is 1. The van der Waals surface area contributed by atoms with Crippen LogP contribution in [0, 0.1) is 5.92 Å². The summed E-state index contributed by atoms with van der Waals surface area (Å²) in [5.74, 6) is 0.227. The summed E-state index contributed by atoms with van der Waals surface area (Å²) in [5, 5.41) is 10.8. The van der Waals surface area contributed by atoms with E-state index >= 15 is 0 Å². The van der Waals surface area contributed by atoms with Gasteiger partial charge in [0.2, 0.25) is 5.91 Å². The molecule has 2 heterocycles. The van der Waals surface area contributed by atoms with Crippen LogP contribution in [0.4, 0.5) is 0 Å². The zero-order valence-corrected chi connectivity index (χ0v) is 16.2. The van der Waals surface area contributed by atoms with Crippen molar-refractivity contribution in [1.82, 2.24) is 9.80 Å². The Hall–Kier alpha value is -1.43. The van der Waals surface area contributed by atoms with Crippen LogP contribution in [0.2, 0.25) is 0 Å². The number of carbonyl (C=O) groups excluding carboxylic acids is 1. The second kappa shape index (κ2) is 8.07. The maximum Gasteiger partial charge on any atom is 0.236 e. The Bertz CT molecular complexity index is 595. The summed E-state index contributed by atoms with van der Waals surface area (Å²) in [6.45, 7) is 9.32. The highest BCUT2D eigenvalue weighted by atomic mass is 16.5.